The topological polar surface area (TPSA) is 0 Å². The van der Waals surface area contributed by atoms with E-state index >= 15 is 0 Å². The van der Waals surface area contributed by atoms with Crippen molar-refractivity contribution in [3.63, 3.8) is 0 Å². The van der Waals surface area contributed by atoms with Gasteiger partial charge in [0, 0.05) is 0 Å². The summed E-state index contributed by atoms with van der Waals surface area (Å²) in [6, 6.07) is 21.9. The molecule has 2 rings (SSSR count). The molecule has 0 aliphatic rings. The van der Waals surface area contributed by atoms with Crippen molar-refractivity contribution >= 4 is 0 Å². The fourth-order valence-corrected chi connectivity index (χ4v) is 3.03. The first-order chi connectivity index (χ1) is 9.35. The fraction of sp³-hybridized carbons (Fsp3) is 0.368. The molecule has 0 nitrogen and oxygen atoms in total. The van der Waals surface area contributed by atoms with Gasteiger partial charge in [-0.25, -0.2) is 0 Å². The Hall–Kier alpha value is -1.56. The van der Waals surface area contributed by atoms with E-state index in [-0.39, 0.29) is 0 Å². The van der Waals surface area contributed by atoms with Gasteiger partial charge < -0.3 is 0 Å². The van der Waals surface area contributed by atoms with E-state index in [0.29, 0.717) is 5.92 Å². The van der Waals surface area contributed by atoms with Crippen molar-refractivity contribution in [2.24, 2.45) is 5.92 Å². The van der Waals surface area contributed by atoms with Gasteiger partial charge in [-0.15, -0.1) is 0 Å². The van der Waals surface area contributed by atoms with Crippen molar-refractivity contribution in [1.29, 1.82) is 0 Å². The highest BCUT2D eigenvalue weighted by atomic mass is 14.2. The summed E-state index contributed by atoms with van der Waals surface area (Å²) in [5.74, 6) is 1.40. The Balaban J connectivity index is 2.15. The number of hydrogen-bond acceptors (Lipinski definition) is 0. The van der Waals surface area contributed by atoms with Gasteiger partial charge in [0.25, 0.3) is 0 Å². The first-order valence-corrected chi connectivity index (χ1v) is 7.44. The minimum Gasteiger partial charge on any atom is -0.0651 e. The molecule has 0 fully saturated rings. The van der Waals surface area contributed by atoms with Crippen molar-refractivity contribution in [3.8, 4) is 0 Å². The van der Waals surface area contributed by atoms with Crippen LogP contribution in [0.2, 0.25) is 0 Å². The van der Waals surface area contributed by atoms with Gasteiger partial charge in [-0.05, 0) is 35.8 Å². The fourth-order valence-electron chi connectivity index (χ4n) is 3.03. The van der Waals surface area contributed by atoms with Gasteiger partial charge in [-0.1, -0.05) is 80.9 Å². The van der Waals surface area contributed by atoms with E-state index in [9.17, 15) is 0 Å². The van der Waals surface area contributed by atoms with Crippen LogP contribution in [-0.4, -0.2) is 0 Å². The van der Waals surface area contributed by atoms with Crippen LogP contribution in [-0.2, 0) is 6.42 Å². The smallest absolute Gasteiger partial charge is 0.0133 e. The van der Waals surface area contributed by atoms with Gasteiger partial charge in [0.15, 0.2) is 0 Å². The summed E-state index contributed by atoms with van der Waals surface area (Å²) in [5, 5.41) is 0. The van der Waals surface area contributed by atoms with Crippen LogP contribution in [0.1, 0.15) is 43.7 Å². The minimum atomic E-state index is 0.673. The minimum absolute atomic E-state index is 0.673. The maximum absolute atomic E-state index is 2.32. The molecule has 100 valence electrons. The van der Waals surface area contributed by atoms with Crippen molar-refractivity contribution < 1.29 is 0 Å². The standard InChI is InChI=1S/C19H24/c1-3-17(15-16-11-7-5-8-12-16)19(4-2)18-13-9-6-10-14-18/h5-14,17,19H,3-4,15H2,1-2H3. The van der Waals surface area contributed by atoms with Crippen LogP contribution in [0.15, 0.2) is 60.7 Å². The normalized spacial score (nSPS) is 14.0. The zero-order valence-corrected chi connectivity index (χ0v) is 12.0. The molecule has 0 radical (unpaired) electrons. The Morgan fingerprint density at radius 2 is 1.32 bits per heavy atom. The predicted octanol–water partition coefficient (Wildman–Crippen LogP) is 5.45. The lowest BCUT2D eigenvalue weighted by Crippen LogP contribution is -2.14. The molecule has 0 bridgehead atoms. The molecule has 0 amide bonds. The Labute approximate surface area is 117 Å². The van der Waals surface area contributed by atoms with Gasteiger partial charge in [0.1, 0.15) is 0 Å². The van der Waals surface area contributed by atoms with Crippen LogP contribution in [0.4, 0.5) is 0 Å². The third-order valence-corrected chi connectivity index (χ3v) is 4.10. The summed E-state index contributed by atoms with van der Waals surface area (Å²) in [6.07, 6.45) is 3.64. The highest BCUT2D eigenvalue weighted by Crippen LogP contribution is 2.32. The van der Waals surface area contributed by atoms with Gasteiger partial charge in [-0.3, -0.25) is 0 Å². The Bertz CT molecular complexity index is 458. The molecule has 2 aromatic rings. The maximum atomic E-state index is 2.32. The Kier molecular flexibility index (Phi) is 5.20. The summed E-state index contributed by atoms with van der Waals surface area (Å²) < 4.78 is 0. The zero-order chi connectivity index (χ0) is 13.5. The molecule has 19 heavy (non-hydrogen) atoms. The first kappa shape index (κ1) is 13.9. The van der Waals surface area contributed by atoms with E-state index in [4.69, 9.17) is 0 Å². The quantitative estimate of drug-likeness (QED) is 0.641. The molecule has 2 atom stereocenters. The summed E-state index contributed by atoms with van der Waals surface area (Å²) in [4.78, 5) is 0. The molecule has 0 heteroatoms. The van der Waals surface area contributed by atoms with Crippen molar-refractivity contribution in [2.45, 2.75) is 39.0 Å². The summed E-state index contributed by atoms with van der Waals surface area (Å²) in [6.45, 7) is 4.63. The first-order valence-electron chi connectivity index (χ1n) is 7.44. The lowest BCUT2D eigenvalue weighted by atomic mass is 9.79. The lowest BCUT2D eigenvalue weighted by Gasteiger charge is -2.26. The number of hydrogen-bond donors (Lipinski definition) is 0. The van der Waals surface area contributed by atoms with Crippen LogP contribution in [0, 0.1) is 5.92 Å². The van der Waals surface area contributed by atoms with E-state index in [1.807, 2.05) is 0 Å². The predicted molar refractivity (Wildman–Crippen MR) is 83.4 cm³/mol. The second-order valence-corrected chi connectivity index (χ2v) is 5.28. The molecule has 2 unspecified atom stereocenters. The van der Waals surface area contributed by atoms with Crippen molar-refractivity contribution in [3.05, 3.63) is 71.8 Å². The van der Waals surface area contributed by atoms with Crippen molar-refractivity contribution in [2.75, 3.05) is 0 Å². The summed E-state index contributed by atoms with van der Waals surface area (Å²) in [7, 11) is 0. The second kappa shape index (κ2) is 7.13. The molecule has 0 N–H and O–H groups in total. The molecule has 0 aliphatic carbocycles. The highest BCUT2D eigenvalue weighted by Gasteiger charge is 2.20. The van der Waals surface area contributed by atoms with E-state index in [2.05, 4.69) is 74.5 Å². The van der Waals surface area contributed by atoms with Crippen LogP contribution in [0.25, 0.3) is 0 Å². The van der Waals surface area contributed by atoms with Crippen LogP contribution in [0.5, 0.6) is 0 Å². The average Bonchev–Trinajstić information content (AvgIpc) is 2.49. The molecule has 0 saturated heterocycles. The highest BCUT2D eigenvalue weighted by molar-refractivity contribution is 5.22. The van der Waals surface area contributed by atoms with Gasteiger partial charge in [-0.2, -0.15) is 0 Å². The van der Waals surface area contributed by atoms with Gasteiger partial charge >= 0.3 is 0 Å². The van der Waals surface area contributed by atoms with Gasteiger partial charge in [0.2, 0.25) is 0 Å². The Morgan fingerprint density at radius 3 is 1.84 bits per heavy atom. The van der Waals surface area contributed by atoms with Crippen molar-refractivity contribution in [1.82, 2.24) is 0 Å². The molecule has 0 aromatic heterocycles. The monoisotopic (exact) mass is 252 g/mol. The Morgan fingerprint density at radius 1 is 0.737 bits per heavy atom. The third-order valence-electron chi connectivity index (χ3n) is 4.10. The molecule has 0 heterocycles. The van der Waals surface area contributed by atoms with E-state index in [0.717, 1.165) is 5.92 Å². The molecular formula is C19H24. The third kappa shape index (κ3) is 3.70. The summed E-state index contributed by atoms with van der Waals surface area (Å²) in [5.41, 5.74) is 2.96. The number of rotatable bonds is 6. The molecular weight excluding hydrogens is 228 g/mol. The van der Waals surface area contributed by atoms with Crippen LogP contribution in [0.3, 0.4) is 0 Å². The van der Waals surface area contributed by atoms with E-state index < -0.39 is 0 Å². The largest absolute Gasteiger partial charge is 0.0651 e. The van der Waals surface area contributed by atoms with Crippen LogP contribution >= 0.6 is 0 Å². The zero-order valence-electron chi connectivity index (χ0n) is 12.0. The molecule has 2 aromatic carbocycles. The molecule has 0 saturated carbocycles. The number of benzene rings is 2. The summed E-state index contributed by atoms with van der Waals surface area (Å²) >= 11 is 0. The van der Waals surface area contributed by atoms with Gasteiger partial charge in [0.05, 0.1) is 0 Å². The molecule has 0 aliphatic heterocycles. The SMILES string of the molecule is CCC(Cc1ccccc1)C(CC)c1ccccc1. The average molecular weight is 252 g/mol. The van der Waals surface area contributed by atoms with E-state index in [1.54, 1.807) is 0 Å². The lowest BCUT2D eigenvalue weighted by molar-refractivity contribution is 0.397. The second-order valence-electron chi connectivity index (χ2n) is 5.28. The van der Waals surface area contributed by atoms with E-state index in [1.165, 1.54) is 30.4 Å². The molecule has 0 spiro atoms. The maximum Gasteiger partial charge on any atom is -0.0133 e. The van der Waals surface area contributed by atoms with Crippen LogP contribution < -0.4 is 0 Å².